The summed E-state index contributed by atoms with van der Waals surface area (Å²) in [7, 11) is 1.96. The zero-order chi connectivity index (χ0) is 10.8. The van der Waals surface area contributed by atoms with Gasteiger partial charge in [-0.15, -0.1) is 0 Å². The van der Waals surface area contributed by atoms with Crippen molar-refractivity contribution in [1.82, 2.24) is 14.7 Å². The van der Waals surface area contributed by atoms with Crippen molar-refractivity contribution in [1.29, 1.82) is 0 Å². The average Bonchev–Trinajstić information content (AvgIpc) is 2.55. The highest BCUT2D eigenvalue weighted by atomic mass is 79.9. The first kappa shape index (κ1) is 10.6. The van der Waals surface area contributed by atoms with E-state index in [-0.39, 0.29) is 0 Å². The highest BCUT2D eigenvalue weighted by Gasteiger charge is 2.09. The Bertz CT molecular complexity index is 476. The topological polar surface area (TPSA) is 29.3 Å². The van der Waals surface area contributed by atoms with E-state index in [0.29, 0.717) is 0 Å². The summed E-state index contributed by atoms with van der Waals surface area (Å²) in [5.74, 6) is 1.10. The predicted octanol–water partition coefficient (Wildman–Crippen LogP) is 2.17. The van der Waals surface area contributed by atoms with Crippen molar-refractivity contribution in [2.75, 3.05) is 13.6 Å². The van der Waals surface area contributed by atoms with Crippen LogP contribution in [0.25, 0.3) is 5.52 Å². The first-order valence-corrected chi connectivity index (χ1v) is 5.80. The summed E-state index contributed by atoms with van der Waals surface area (Å²) < 4.78 is 3.12. The van der Waals surface area contributed by atoms with Crippen molar-refractivity contribution in [2.45, 2.75) is 13.3 Å². The molecule has 2 aromatic heterocycles. The number of rotatable bonds is 3. The van der Waals surface area contributed by atoms with E-state index in [9.17, 15) is 0 Å². The van der Waals surface area contributed by atoms with Gasteiger partial charge in [-0.25, -0.2) is 4.98 Å². The van der Waals surface area contributed by atoms with Crippen LogP contribution in [0.2, 0.25) is 0 Å². The molecule has 0 atom stereocenters. The molecular formula is C11H14BrN3. The van der Waals surface area contributed by atoms with Gasteiger partial charge in [-0.2, -0.15) is 0 Å². The minimum Gasteiger partial charge on any atom is -0.319 e. The van der Waals surface area contributed by atoms with Crippen molar-refractivity contribution in [2.24, 2.45) is 0 Å². The lowest BCUT2D eigenvalue weighted by Gasteiger charge is -2.04. The second-order valence-corrected chi connectivity index (χ2v) is 4.31. The van der Waals surface area contributed by atoms with Crippen LogP contribution in [0, 0.1) is 6.92 Å². The molecule has 4 heteroatoms. The maximum absolute atomic E-state index is 4.53. The number of halogens is 1. The third-order valence-electron chi connectivity index (χ3n) is 2.48. The van der Waals surface area contributed by atoms with Crippen molar-refractivity contribution >= 4 is 21.4 Å². The molecule has 0 fully saturated rings. The molecule has 2 aromatic rings. The Kier molecular flexibility index (Phi) is 3.07. The third kappa shape index (κ3) is 1.92. The van der Waals surface area contributed by atoms with Crippen LogP contribution in [-0.4, -0.2) is 23.0 Å². The maximum atomic E-state index is 4.53. The Labute approximate surface area is 97.6 Å². The number of nitrogens with zero attached hydrogens (tertiary/aromatic N) is 2. The predicted molar refractivity (Wildman–Crippen MR) is 65.3 cm³/mol. The number of fused-ring (bicyclic) bond motifs is 1. The molecule has 0 aliphatic carbocycles. The third-order valence-corrected chi connectivity index (χ3v) is 3.06. The van der Waals surface area contributed by atoms with Gasteiger partial charge >= 0.3 is 0 Å². The molecule has 0 bridgehead atoms. The first-order valence-electron chi connectivity index (χ1n) is 5.01. The molecule has 0 unspecified atom stereocenters. The zero-order valence-electron chi connectivity index (χ0n) is 8.92. The summed E-state index contributed by atoms with van der Waals surface area (Å²) in [6.07, 6.45) is 0.939. The van der Waals surface area contributed by atoms with Crippen LogP contribution >= 0.6 is 15.9 Å². The van der Waals surface area contributed by atoms with Crippen LogP contribution < -0.4 is 5.32 Å². The van der Waals surface area contributed by atoms with Crippen LogP contribution in [0.15, 0.2) is 22.8 Å². The van der Waals surface area contributed by atoms with Crippen LogP contribution in [0.3, 0.4) is 0 Å². The normalized spacial score (nSPS) is 11.1. The van der Waals surface area contributed by atoms with Crippen LogP contribution in [0.4, 0.5) is 0 Å². The van der Waals surface area contributed by atoms with Gasteiger partial charge in [0.25, 0.3) is 0 Å². The van der Waals surface area contributed by atoms with Crippen LogP contribution in [0.5, 0.6) is 0 Å². The number of imidazole rings is 1. The van der Waals surface area contributed by atoms with Crippen molar-refractivity contribution in [3.8, 4) is 0 Å². The number of pyridine rings is 1. The Morgan fingerprint density at radius 1 is 1.47 bits per heavy atom. The Morgan fingerprint density at radius 2 is 2.27 bits per heavy atom. The van der Waals surface area contributed by atoms with Crippen molar-refractivity contribution < 1.29 is 0 Å². The van der Waals surface area contributed by atoms with E-state index in [1.807, 2.05) is 7.05 Å². The van der Waals surface area contributed by atoms with Crippen LogP contribution in [0.1, 0.15) is 11.5 Å². The number of aromatic nitrogens is 2. The molecule has 0 amide bonds. The Balaban J connectivity index is 2.54. The fourth-order valence-corrected chi connectivity index (χ4v) is 2.26. The number of nitrogens with one attached hydrogen (secondary N) is 1. The highest BCUT2D eigenvalue weighted by molar-refractivity contribution is 9.10. The molecule has 0 saturated carbocycles. The minimum atomic E-state index is 0.928. The lowest BCUT2D eigenvalue weighted by Crippen LogP contribution is -2.12. The van der Waals surface area contributed by atoms with Crippen LogP contribution in [-0.2, 0) is 6.42 Å². The molecule has 80 valence electrons. The summed E-state index contributed by atoms with van der Waals surface area (Å²) in [5.41, 5.74) is 2.36. The SMILES string of the molecule is CNCCc1nc(Br)c2cccc(C)n12. The summed E-state index contributed by atoms with van der Waals surface area (Å²) in [6, 6.07) is 6.23. The molecule has 0 aliphatic rings. The largest absolute Gasteiger partial charge is 0.319 e. The van der Waals surface area contributed by atoms with Crippen molar-refractivity contribution in [3.05, 3.63) is 34.3 Å². The molecule has 0 aromatic carbocycles. The van der Waals surface area contributed by atoms with Gasteiger partial charge in [-0.1, -0.05) is 6.07 Å². The van der Waals surface area contributed by atoms with Gasteiger partial charge in [0, 0.05) is 18.7 Å². The summed E-state index contributed by atoms with van der Waals surface area (Å²) in [5, 5.41) is 3.14. The number of likely N-dealkylation sites (N-methyl/N-ethyl adjacent to an activating group) is 1. The quantitative estimate of drug-likeness (QED) is 0.924. The maximum Gasteiger partial charge on any atom is 0.132 e. The van der Waals surface area contributed by atoms with Gasteiger partial charge in [0.2, 0.25) is 0 Å². The molecule has 2 rings (SSSR count). The van der Waals surface area contributed by atoms with E-state index < -0.39 is 0 Å². The fourth-order valence-electron chi connectivity index (χ4n) is 1.75. The van der Waals surface area contributed by atoms with Crippen molar-refractivity contribution in [3.63, 3.8) is 0 Å². The summed E-state index contributed by atoms with van der Waals surface area (Å²) >= 11 is 3.49. The summed E-state index contributed by atoms with van der Waals surface area (Å²) in [6.45, 7) is 3.05. The number of hydrogen-bond donors (Lipinski definition) is 1. The average molecular weight is 268 g/mol. The van der Waals surface area contributed by atoms with Gasteiger partial charge in [0.05, 0.1) is 5.52 Å². The molecule has 3 nitrogen and oxygen atoms in total. The number of aryl methyl sites for hydroxylation is 1. The van der Waals surface area contributed by atoms with E-state index in [0.717, 1.165) is 28.9 Å². The first-order chi connectivity index (χ1) is 7.24. The molecule has 15 heavy (non-hydrogen) atoms. The van der Waals surface area contributed by atoms with Gasteiger partial charge in [-0.05, 0) is 42.0 Å². The molecule has 1 N–H and O–H groups in total. The molecule has 0 spiro atoms. The molecule has 0 saturated heterocycles. The van der Waals surface area contributed by atoms with Gasteiger partial charge in [-0.3, -0.25) is 4.40 Å². The second-order valence-electron chi connectivity index (χ2n) is 3.56. The van der Waals surface area contributed by atoms with E-state index in [4.69, 9.17) is 0 Å². The van der Waals surface area contributed by atoms with E-state index in [1.54, 1.807) is 0 Å². The zero-order valence-corrected chi connectivity index (χ0v) is 10.5. The summed E-state index contributed by atoms with van der Waals surface area (Å²) in [4.78, 5) is 4.53. The fraction of sp³-hybridized carbons (Fsp3) is 0.364. The van der Waals surface area contributed by atoms with Gasteiger partial charge in [0.15, 0.2) is 0 Å². The Hall–Kier alpha value is -0.870. The smallest absolute Gasteiger partial charge is 0.132 e. The van der Waals surface area contributed by atoms with E-state index in [2.05, 4.69) is 55.8 Å². The number of hydrogen-bond acceptors (Lipinski definition) is 2. The van der Waals surface area contributed by atoms with Gasteiger partial charge in [0.1, 0.15) is 10.4 Å². The molecule has 2 heterocycles. The minimum absolute atomic E-state index is 0.928. The highest BCUT2D eigenvalue weighted by Crippen LogP contribution is 2.20. The molecule has 0 radical (unpaired) electrons. The standard InChI is InChI=1S/C11H14BrN3/c1-8-4-3-5-9-11(12)14-10(15(8)9)6-7-13-2/h3-5,13H,6-7H2,1-2H3. The second kappa shape index (κ2) is 4.33. The van der Waals surface area contributed by atoms with E-state index >= 15 is 0 Å². The molecular weight excluding hydrogens is 254 g/mol. The molecule has 0 aliphatic heterocycles. The van der Waals surface area contributed by atoms with E-state index in [1.165, 1.54) is 5.69 Å². The lowest BCUT2D eigenvalue weighted by molar-refractivity contribution is 0.748. The Morgan fingerprint density at radius 3 is 3.00 bits per heavy atom. The lowest BCUT2D eigenvalue weighted by atomic mass is 10.3. The van der Waals surface area contributed by atoms with Gasteiger partial charge < -0.3 is 5.32 Å². The monoisotopic (exact) mass is 267 g/mol.